The van der Waals surface area contributed by atoms with E-state index in [1.807, 2.05) is 43.5 Å². The Balaban J connectivity index is 2.08. The fraction of sp³-hybridized carbons (Fsp3) is 0.484. The van der Waals surface area contributed by atoms with Crippen LogP contribution in [0.2, 0.25) is 18.1 Å². The van der Waals surface area contributed by atoms with Crippen LogP contribution in [0.3, 0.4) is 0 Å². The second kappa shape index (κ2) is 12.7. The highest BCUT2D eigenvalue weighted by atomic mass is 32.2. The van der Waals surface area contributed by atoms with Gasteiger partial charge in [-0.2, -0.15) is 0 Å². The molecule has 0 atom stereocenters. The van der Waals surface area contributed by atoms with Gasteiger partial charge in [-0.15, -0.1) is 0 Å². The number of H-pyrrole nitrogens is 1. The number of para-hydroxylation sites is 1. The molecular formula is C31H46N2O3SSi. The van der Waals surface area contributed by atoms with Gasteiger partial charge in [-0.25, -0.2) is 8.42 Å². The molecule has 0 amide bonds. The summed E-state index contributed by atoms with van der Waals surface area (Å²) in [4.78, 5) is 3.64. The average molecular weight is 555 g/mol. The van der Waals surface area contributed by atoms with Crippen molar-refractivity contribution in [3.63, 3.8) is 0 Å². The Labute approximate surface area is 231 Å². The van der Waals surface area contributed by atoms with Crippen molar-refractivity contribution in [2.45, 2.75) is 89.8 Å². The van der Waals surface area contributed by atoms with Gasteiger partial charge >= 0.3 is 0 Å². The average Bonchev–Trinajstić information content (AvgIpc) is 3.28. The summed E-state index contributed by atoms with van der Waals surface area (Å²) in [6.07, 6.45) is 9.38. The van der Waals surface area contributed by atoms with Crippen molar-refractivity contribution in [1.29, 1.82) is 0 Å². The number of nitrogens with one attached hydrogen (secondary N) is 1. The number of benzene rings is 2. The third-order valence-corrected chi connectivity index (χ3v) is 14.1. The van der Waals surface area contributed by atoms with Gasteiger partial charge < -0.3 is 9.41 Å². The number of rotatable bonds is 13. The number of aromatic nitrogens is 1. The summed E-state index contributed by atoms with van der Waals surface area (Å²) in [5.41, 5.74) is 3.64. The summed E-state index contributed by atoms with van der Waals surface area (Å²) in [7, 11) is -5.88. The zero-order valence-corrected chi connectivity index (χ0v) is 26.1. The lowest BCUT2D eigenvalue weighted by molar-refractivity contribution is 0.272. The molecule has 3 rings (SSSR count). The van der Waals surface area contributed by atoms with Crippen LogP contribution in [0, 0.1) is 6.92 Å². The molecule has 0 saturated heterocycles. The van der Waals surface area contributed by atoms with Crippen LogP contribution in [0.15, 0.2) is 65.7 Å². The van der Waals surface area contributed by atoms with Crippen LogP contribution in [0.25, 0.3) is 16.6 Å². The minimum atomic E-state index is -3.83. The van der Waals surface area contributed by atoms with E-state index in [1.54, 1.807) is 16.4 Å². The lowest BCUT2D eigenvalue weighted by Crippen LogP contribution is -2.43. The van der Waals surface area contributed by atoms with Crippen molar-refractivity contribution in [2.24, 2.45) is 0 Å². The quantitative estimate of drug-likeness (QED) is 0.170. The van der Waals surface area contributed by atoms with Gasteiger partial charge in [0.15, 0.2) is 8.32 Å². The van der Waals surface area contributed by atoms with Crippen LogP contribution >= 0.6 is 0 Å². The van der Waals surface area contributed by atoms with E-state index in [0.717, 1.165) is 53.4 Å². The summed E-state index contributed by atoms with van der Waals surface area (Å²) in [5.74, 6) is 0. The third-order valence-electron chi connectivity index (χ3n) is 7.70. The van der Waals surface area contributed by atoms with Crippen LogP contribution in [-0.2, 0) is 14.4 Å². The van der Waals surface area contributed by atoms with Gasteiger partial charge in [0.2, 0.25) is 0 Å². The number of allylic oxidation sites excluding steroid dienone is 1. The zero-order chi connectivity index (χ0) is 28.0. The fourth-order valence-electron chi connectivity index (χ4n) is 4.25. The van der Waals surface area contributed by atoms with E-state index in [4.69, 9.17) is 4.43 Å². The molecule has 2 aromatic carbocycles. The van der Waals surface area contributed by atoms with E-state index >= 15 is 0 Å². The first-order valence-corrected chi connectivity index (χ1v) is 18.2. The van der Waals surface area contributed by atoms with E-state index in [1.165, 1.54) is 6.42 Å². The van der Waals surface area contributed by atoms with Gasteiger partial charge in [0.05, 0.1) is 23.7 Å². The largest absolute Gasteiger partial charge is 0.415 e. The second-order valence-corrected chi connectivity index (χ2v) is 18.4. The molecule has 0 bridgehead atoms. The Morgan fingerprint density at radius 1 is 1.03 bits per heavy atom. The van der Waals surface area contributed by atoms with Crippen LogP contribution in [-0.4, -0.2) is 39.2 Å². The highest BCUT2D eigenvalue weighted by Crippen LogP contribution is 2.37. The lowest BCUT2D eigenvalue weighted by atomic mass is 10.1. The Bertz CT molecular complexity index is 1320. The number of hydrogen-bond acceptors (Lipinski definition) is 3. The fourth-order valence-corrected chi connectivity index (χ4v) is 6.76. The first-order valence-electron chi connectivity index (χ1n) is 13.9. The van der Waals surface area contributed by atoms with Crippen LogP contribution in [0.5, 0.6) is 0 Å². The number of aromatic amines is 1. The summed E-state index contributed by atoms with van der Waals surface area (Å²) in [5, 5.41) is 1.06. The smallest absolute Gasteiger partial charge is 0.264 e. The highest BCUT2D eigenvalue weighted by molar-refractivity contribution is 7.89. The van der Waals surface area contributed by atoms with E-state index in [2.05, 4.69) is 57.9 Å². The summed E-state index contributed by atoms with van der Waals surface area (Å²) in [6, 6.07) is 15.2. The molecule has 0 aliphatic rings. The van der Waals surface area contributed by atoms with E-state index in [9.17, 15) is 8.42 Å². The molecule has 38 heavy (non-hydrogen) atoms. The minimum Gasteiger partial charge on any atom is -0.415 e. The Hall–Kier alpha value is -2.35. The van der Waals surface area contributed by atoms with Gasteiger partial charge in [0.25, 0.3) is 10.0 Å². The normalized spacial score (nSPS) is 13.3. The highest BCUT2D eigenvalue weighted by Gasteiger charge is 2.37. The molecule has 1 heterocycles. The van der Waals surface area contributed by atoms with Crippen molar-refractivity contribution >= 4 is 34.9 Å². The molecule has 0 aliphatic heterocycles. The molecule has 0 saturated carbocycles. The maximum Gasteiger partial charge on any atom is 0.264 e. The number of fused-ring (bicyclic) bond motifs is 1. The van der Waals surface area contributed by atoms with E-state index < -0.39 is 18.3 Å². The minimum absolute atomic E-state index is 0.0441. The zero-order valence-electron chi connectivity index (χ0n) is 24.3. The molecule has 0 fully saturated rings. The molecule has 1 aromatic heterocycles. The van der Waals surface area contributed by atoms with Gasteiger partial charge in [-0.1, -0.05) is 88.9 Å². The van der Waals surface area contributed by atoms with Crippen molar-refractivity contribution in [1.82, 2.24) is 9.29 Å². The summed E-state index contributed by atoms with van der Waals surface area (Å²) < 4.78 is 36.5. The predicted molar refractivity (Wildman–Crippen MR) is 163 cm³/mol. The van der Waals surface area contributed by atoms with E-state index in [-0.39, 0.29) is 11.6 Å². The van der Waals surface area contributed by atoms with Gasteiger partial charge in [-0.3, -0.25) is 4.31 Å². The number of sulfonamides is 1. The molecule has 5 nitrogen and oxygen atoms in total. The predicted octanol–water partition coefficient (Wildman–Crippen LogP) is 8.50. The topological polar surface area (TPSA) is 62.4 Å². The van der Waals surface area contributed by atoms with Crippen LogP contribution in [0.1, 0.15) is 70.9 Å². The molecule has 208 valence electrons. The number of hydrogen-bond donors (Lipinski definition) is 1. The molecule has 0 spiro atoms. The van der Waals surface area contributed by atoms with E-state index in [0.29, 0.717) is 11.5 Å². The van der Waals surface area contributed by atoms with Crippen molar-refractivity contribution in [3.05, 3.63) is 71.9 Å². The summed E-state index contributed by atoms with van der Waals surface area (Å²) in [6.45, 7) is 15.8. The maximum atomic E-state index is 14.2. The van der Waals surface area contributed by atoms with Crippen molar-refractivity contribution < 1.29 is 12.8 Å². The number of aryl methyl sites for hydroxylation is 1. The molecule has 0 aliphatic carbocycles. The van der Waals surface area contributed by atoms with Gasteiger partial charge in [-0.05, 0) is 56.1 Å². The first kappa shape index (κ1) is 30.2. The van der Waals surface area contributed by atoms with Crippen molar-refractivity contribution in [3.8, 4) is 0 Å². The standard InChI is InChI=1S/C31H46N2O3SSi/c1-8-9-10-11-12-17-30(28-24-32-29-16-14-13-15-27(28)29)33(22-23-36-38(6,7)31(3,4)5)37(34,35)26-20-18-25(2)19-21-26/h13-21,24,32H,8-12,22-23H2,1-7H3/b30-17-. The monoisotopic (exact) mass is 554 g/mol. The number of unbranched alkanes of at least 4 members (excludes halogenated alkanes) is 4. The Kier molecular flexibility index (Phi) is 10.1. The Morgan fingerprint density at radius 3 is 2.37 bits per heavy atom. The molecule has 0 radical (unpaired) electrons. The molecule has 3 aromatic rings. The first-order chi connectivity index (χ1) is 17.9. The maximum absolute atomic E-state index is 14.2. The molecule has 1 N–H and O–H groups in total. The molecule has 7 heteroatoms. The van der Waals surface area contributed by atoms with Gasteiger partial charge in [0, 0.05) is 22.7 Å². The van der Waals surface area contributed by atoms with Crippen molar-refractivity contribution in [2.75, 3.05) is 13.2 Å². The second-order valence-electron chi connectivity index (χ2n) is 11.7. The molecular weight excluding hydrogens is 509 g/mol. The lowest BCUT2D eigenvalue weighted by Gasteiger charge is -2.37. The van der Waals surface area contributed by atoms with Crippen LogP contribution < -0.4 is 0 Å². The van der Waals surface area contributed by atoms with Crippen LogP contribution in [0.4, 0.5) is 0 Å². The molecule has 0 unspecified atom stereocenters. The third kappa shape index (κ3) is 7.19. The van der Waals surface area contributed by atoms with Gasteiger partial charge in [0.1, 0.15) is 0 Å². The Morgan fingerprint density at radius 2 is 1.71 bits per heavy atom. The SMILES string of the molecule is CCCCCC/C=C(/c1c[nH]c2ccccc12)N(CCO[Si](C)(C)C(C)(C)C)S(=O)(=O)c1ccc(C)cc1. The summed E-state index contributed by atoms with van der Waals surface area (Å²) >= 11 is 0. The number of nitrogens with zero attached hydrogens (tertiary/aromatic N) is 1.